The molecule has 1 saturated heterocycles. The van der Waals surface area contributed by atoms with Crippen molar-refractivity contribution in [3.05, 3.63) is 47.7 Å². The fourth-order valence-corrected chi connectivity index (χ4v) is 5.80. The SMILES string of the molecule is COc1cc(C2CCN(S(=O)(=O)c3cc4c(cc3F)OCC4)CC2)cn2ncnc12. The van der Waals surface area contributed by atoms with Gasteiger partial charge in [-0.3, -0.25) is 0 Å². The van der Waals surface area contributed by atoms with Crippen LogP contribution in [-0.2, 0) is 16.4 Å². The fraction of sp³-hybridized carbons (Fsp3) is 0.400. The Hall–Kier alpha value is -2.72. The van der Waals surface area contributed by atoms with Crippen LogP contribution in [0, 0.1) is 5.82 Å². The summed E-state index contributed by atoms with van der Waals surface area (Å²) in [5.74, 6) is 0.446. The Bertz CT molecular complexity index is 1220. The minimum absolute atomic E-state index is 0.150. The number of hydrogen-bond donors (Lipinski definition) is 0. The number of pyridine rings is 1. The van der Waals surface area contributed by atoms with Gasteiger partial charge in [0.25, 0.3) is 0 Å². The highest BCUT2D eigenvalue weighted by Crippen LogP contribution is 2.35. The first-order chi connectivity index (χ1) is 14.5. The lowest BCUT2D eigenvalue weighted by molar-refractivity contribution is 0.317. The van der Waals surface area contributed by atoms with E-state index in [1.165, 1.54) is 22.8 Å². The summed E-state index contributed by atoms with van der Waals surface area (Å²) >= 11 is 0. The molecular weight excluding hydrogens is 411 g/mol. The maximum atomic E-state index is 14.5. The first kappa shape index (κ1) is 19.3. The first-order valence-electron chi connectivity index (χ1n) is 9.80. The molecular formula is C20H21FN4O4S. The molecule has 0 bridgehead atoms. The highest BCUT2D eigenvalue weighted by Gasteiger charge is 2.33. The highest BCUT2D eigenvalue weighted by atomic mass is 32.2. The zero-order valence-corrected chi connectivity index (χ0v) is 17.2. The van der Waals surface area contributed by atoms with Crippen molar-refractivity contribution in [3.8, 4) is 11.5 Å². The van der Waals surface area contributed by atoms with Gasteiger partial charge in [-0.1, -0.05) is 0 Å². The Morgan fingerprint density at radius 2 is 2.03 bits per heavy atom. The molecule has 5 rings (SSSR count). The number of hydrogen-bond acceptors (Lipinski definition) is 6. The maximum Gasteiger partial charge on any atom is 0.245 e. The standard InChI is InChI=1S/C20H21FN4O4S/c1-28-18-8-15(11-25-20(18)22-12-23-25)13-2-5-24(6-3-13)30(26,27)19-9-14-4-7-29-17(14)10-16(19)21/h8-13H,2-7H2,1H3. The summed E-state index contributed by atoms with van der Waals surface area (Å²) in [6, 6.07) is 4.53. The third-order valence-electron chi connectivity index (χ3n) is 5.87. The molecule has 8 nitrogen and oxygen atoms in total. The Labute approximate surface area is 173 Å². The molecule has 0 saturated carbocycles. The smallest absolute Gasteiger partial charge is 0.245 e. The number of rotatable bonds is 4. The summed E-state index contributed by atoms with van der Waals surface area (Å²) in [6.07, 6.45) is 5.20. The van der Waals surface area contributed by atoms with E-state index in [2.05, 4.69) is 10.1 Å². The lowest BCUT2D eigenvalue weighted by atomic mass is 9.91. The van der Waals surface area contributed by atoms with Crippen LogP contribution in [0.2, 0.25) is 0 Å². The van der Waals surface area contributed by atoms with Gasteiger partial charge in [0, 0.05) is 31.8 Å². The summed E-state index contributed by atoms with van der Waals surface area (Å²) in [6.45, 7) is 1.08. The number of fused-ring (bicyclic) bond motifs is 2. The first-order valence-corrected chi connectivity index (χ1v) is 11.2. The number of methoxy groups -OCH3 is 1. The molecule has 0 spiro atoms. The van der Waals surface area contributed by atoms with Crippen molar-refractivity contribution in [2.45, 2.75) is 30.1 Å². The molecule has 2 aliphatic heterocycles. The van der Waals surface area contributed by atoms with Gasteiger partial charge in [-0.05, 0) is 42.0 Å². The normalized spacial score (nSPS) is 17.8. The zero-order valence-electron chi connectivity index (χ0n) is 16.4. The van der Waals surface area contributed by atoms with Gasteiger partial charge in [0.15, 0.2) is 11.4 Å². The molecule has 0 radical (unpaired) electrons. The van der Waals surface area contributed by atoms with Crippen LogP contribution in [0.25, 0.3) is 5.65 Å². The molecule has 0 N–H and O–H groups in total. The third kappa shape index (κ3) is 3.10. The number of sulfonamides is 1. The molecule has 2 aromatic heterocycles. The van der Waals surface area contributed by atoms with E-state index in [9.17, 15) is 12.8 Å². The van der Waals surface area contributed by atoms with Crippen molar-refractivity contribution in [2.24, 2.45) is 0 Å². The fourth-order valence-electron chi connectivity index (χ4n) is 4.23. The summed E-state index contributed by atoms with van der Waals surface area (Å²) < 4.78 is 54.5. The monoisotopic (exact) mass is 432 g/mol. The van der Waals surface area contributed by atoms with Gasteiger partial charge in [0.05, 0.1) is 13.7 Å². The molecule has 30 heavy (non-hydrogen) atoms. The summed E-state index contributed by atoms with van der Waals surface area (Å²) in [5, 5.41) is 4.18. The van der Waals surface area contributed by atoms with Crippen LogP contribution in [-0.4, -0.2) is 54.1 Å². The molecule has 0 atom stereocenters. The van der Waals surface area contributed by atoms with Gasteiger partial charge in [0.2, 0.25) is 10.0 Å². The van der Waals surface area contributed by atoms with Crippen LogP contribution in [0.3, 0.4) is 0 Å². The van der Waals surface area contributed by atoms with Crippen molar-refractivity contribution in [2.75, 3.05) is 26.8 Å². The van der Waals surface area contributed by atoms with Gasteiger partial charge >= 0.3 is 0 Å². The van der Waals surface area contributed by atoms with E-state index in [1.54, 1.807) is 11.6 Å². The second-order valence-corrected chi connectivity index (χ2v) is 9.44. The van der Waals surface area contributed by atoms with Gasteiger partial charge in [-0.15, -0.1) is 0 Å². The van der Waals surface area contributed by atoms with Crippen molar-refractivity contribution in [1.82, 2.24) is 18.9 Å². The van der Waals surface area contributed by atoms with Crippen LogP contribution in [0.5, 0.6) is 11.5 Å². The van der Waals surface area contributed by atoms with E-state index in [0.29, 0.717) is 56.1 Å². The van der Waals surface area contributed by atoms with Crippen molar-refractivity contribution >= 4 is 15.7 Å². The molecule has 0 aliphatic carbocycles. The van der Waals surface area contributed by atoms with Gasteiger partial charge in [0.1, 0.15) is 22.8 Å². The molecule has 10 heteroatoms. The Morgan fingerprint density at radius 1 is 1.23 bits per heavy atom. The van der Waals surface area contributed by atoms with E-state index in [0.717, 1.165) is 11.1 Å². The predicted octanol–water partition coefficient (Wildman–Crippen LogP) is 2.38. The Kier molecular flexibility index (Phi) is 4.62. The van der Waals surface area contributed by atoms with E-state index in [4.69, 9.17) is 9.47 Å². The lowest BCUT2D eigenvalue weighted by Gasteiger charge is -2.31. The van der Waals surface area contributed by atoms with E-state index < -0.39 is 15.8 Å². The Balaban J connectivity index is 1.37. The van der Waals surface area contributed by atoms with Crippen molar-refractivity contribution in [1.29, 1.82) is 0 Å². The number of nitrogens with zero attached hydrogens (tertiary/aromatic N) is 4. The second kappa shape index (κ2) is 7.21. The number of ether oxygens (including phenoxy) is 2. The van der Waals surface area contributed by atoms with Crippen LogP contribution in [0.1, 0.15) is 29.9 Å². The third-order valence-corrected chi connectivity index (χ3v) is 7.78. The van der Waals surface area contributed by atoms with Crippen LogP contribution >= 0.6 is 0 Å². The molecule has 1 aromatic carbocycles. The molecule has 4 heterocycles. The summed E-state index contributed by atoms with van der Waals surface area (Å²) in [7, 11) is -2.33. The number of piperidine rings is 1. The van der Waals surface area contributed by atoms with Gasteiger partial charge in [-0.2, -0.15) is 9.40 Å². The zero-order chi connectivity index (χ0) is 20.9. The largest absolute Gasteiger partial charge is 0.493 e. The molecule has 2 aliphatic rings. The van der Waals surface area contributed by atoms with Crippen LogP contribution in [0.15, 0.2) is 35.6 Å². The van der Waals surface area contributed by atoms with Gasteiger partial charge < -0.3 is 9.47 Å². The maximum absolute atomic E-state index is 14.5. The molecule has 3 aromatic rings. The summed E-state index contributed by atoms with van der Waals surface area (Å²) in [4.78, 5) is 3.91. The average Bonchev–Trinajstić information content (AvgIpc) is 3.41. The highest BCUT2D eigenvalue weighted by molar-refractivity contribution is 7.89. The van der Waals surface area contributed by atoms with Crippen LogP contribution < -0.4 is 9.47 Å². The minimum Gasteiger partial charge on any atom is -0.493 e. The van der Waals surface area contributed by atoms with Gasteiger partial charge in [-0.25, -0.2) is 22.3 Å². The molecule has 0 unspecified atom stereocenters. The Morgan fingerprint density at radius 3 is 2.80 bits per heavy atom. The number of aromatic nitrogens is 3. The van der Waals surface area contributed by atoms with Crippen molar-refractivity contribution in [3.63, 3.8) is 0 Å². The summed E-state index contributed by atoms with van der Waals surface area (Å²) in [5.41, 5.74) is 2.39. The van der Waals surface area contributed by atoms with E-state index >= 15 is 0 Å². The predicted molar refractivity (Wildman–Crippen MR) is 106 cm³/mol. The second-order valence-electron chi connectivity index (χ2n) is 7.54. The minimum atomic E-state index is -3.91. The topological polar surface area (TPSA) is 86.0 Å². The average molecular weight is 432 g/mol. The molecule has 158 valence electrons. The van der Waals surface area contributed by atoms with E-state index in [1.807, 2.05) is 12.3 Å². The number of halogens is 1. The van der Waals surface area contributed by atoms with Crippen molar-refractivity contribution < 1.29 is 22.3 Å². The molecule has 0 amide bonds. The van der Waals surface area contributed by atoms with E-state index in [-0.39, 0.29) is 10.8 Å². The lowest BCUT2D eigenvalue weighted by Crippen LogP contribution is -2.38. The quantitative estimate of drug-likeness (QED) is 0.629. The molecule has 1 fully saturated rings. The van der Waals surface area contributed by atoms with Crippen LogP contribution in [0.4, 0.5) is 4.39 Å². The number of benzene rings is 1.